The molecule has 1 aliphatic rings. The molecule has 1 saturated carbocycles. The van der Waals surface area contributed by atoms with Crippen LogP contribution in [0.4, 0.5) is 8.78 Å². The van der Waals surface area contributed by atoms with Gasteiger partial charge in [0.15, 0.2) is 0 Å². The number of rotatable bonds is 1. The Kier molecular flexibility index (Phi) is 2.24. The lowest BCUT2D eigenvalue weighted by Gasteiger charge is -2.29. The van der Waals surface area contributed by atoms with Crippen molar-refractivity contribution in [1.82, 2.24) is 0 Å². The SMILES string of the molecule is CO[C@@H]1CCCCC1(F)F. The van der Waals surface area contributed by atoms with Crippen molar-refractivity contribution in [2.75, 3.05) is 7.11 Å². The summed E-state index contributed by atoms with van der Waals surface area (Å²) in [5.41, 5.74) is 0. The Bertz CT molecular complexity index is 114. The lowest BCUT2D eigenvalue weighted by Crippen LogP contribution is -2.37. The van der Waals surface area contributed by atoms with Crippen LogP contribution < -0.4 is 0 Å². The number of hydrogen-bond acceptors (Lipinski definition) is 1. The molecular formula is C7H12F2O. The number of alkyl halides is 2. The zero-order valence-corrected chi connectivity index (χ0v) is 6.07. The minimum atomic E-state index is -2.58. The van der Waals surface area contributed by atoms with E-state index in [1.807, 2.05) is 0 Å². The molecule has 0 bridgehead atoms. The van der Waals surface area contributed by atoms with Gasteiger partial charge in [0.1, 0.15) is 6.10 Å². The lowest BCUT2D eigenvalue weighted by atomic mass is 9.94. The van der Waals surface area contributed by atoms with Crippen molar-refractivity contribution in [1.29, 1.82) is 0 Å². The van der Waals surface area contributed by atoms with Gasteiger partial charge in [-0.2, -0.15) is 0 Å². The van der Waals surface area contributed by atoms with Crippen LogP contribution in [0.5, 0.6) is 0 Å². The Balaban J connectivity index is 2.51. The van der Waals surface area contributed by atoms with Gasteiger partial charge in [-0.25, -0.2) is 8.78 Å². The monoisotopic (exact) mass is 150 g/mol. The number of halogens is 2. The summed E-state index contributed by atoms with van der Waals surface area (Å²) in [6.45, 7) is 0. The minimum absolute atomic E-state index is 0.00843. The van der Waals surface area contributed by atoms with E-state index in [1.165, 1.54) is 7.11 Å². The van der Waals surface area contributed by atoms with Crippen LogP contribution in [0.15, 0.2) is 0 Å². The zero-order chi connectivity index (χ0) is 7.61. The van der Waals surface area contributed by atoms with Gasteiger partial charge < -0.3 is 4.74 Å². The first-order valence-corrected chi connectivity index (χ1v) is 3.57. The Morgan fingerprint density at radius 3 is 2.50 bits per heavy atom. The van der Waals surface area contributed by atoms with E-state index >= 15 is 0 Å². The molecule has 0 aromatic heterocycles. The third-order valence-electron chi connectivity index (χ3n) is 1.98. The maximum Gasteiger partial charge on any atom is 0.273 e. The van der Waals surface area contributed by atoms with Crippen molar-refractivity contribution in [3.63, 3.8) is 0 Å². The quantitative estimate of drug-likeness (QED) is 0.556. The fraction of sp³-hybridized carbons (Fsp3) is 1.00. The third kappa shape index (κ3) is 1.45. The molecule has 1 aliphatic carbocycles. The first-order chi connectivity index (χ1) is 4.67. The predicted molar refractivity (Wildman–Crippen MR) is 34.2 cm³/mol. The van der Waals surface area contributed by atoms with Gasteiger partial charge in [0.2, 0.25) is 0 Å². The van der Waals surface area contributed by atoms with E-state index in [0.29, 0.717) is 12.8 Å². The third-order valence-corrected chi connectivity index (χ3v) is 1.98. The molecule has 0 N–H and O–H groups in total. The highest BCUT2D eigenvalue weighted by Gasteiger charge is 2.41. The van der Waals surface area contributed by atoms with Gasteiger partial charge in [0.05, 0.1) is 0 Å². The van der Waals surface area contributed by atoms with Crippen molar-refractivity contribution in [2.24, 2.45) is 0 Å². The summed E-state index contributed by atoms with van der Waals surface area (Å²) in [4.78, 5) is 0. The standard InChI is InChI=1S/C7H12F2O/c1-10-6-4-2-3-5-7(6,8)9/h6H,2-5H2,1H3/t6-/m1/s1. The number of methoxy groups -OCH3 is 1. The zero-order valence-electron chi connectivity index (χ0n) is 6.07. The molecule has 1 atom stereocenters. The molecule has 0 radical (unpaired) electrons. The Hall–Kier alpha value is -0.180. The average Bonchev–Trinajstić information content (AvgIpc) is 1.87. The van der Waals surface area contributed by atoms with Crippen LogP contribution in [0.1, 0.15) is 25.7 Å². The molecule has 0 saturated heterocycles. The number of hydrogen-bond donors (Lipinski definition) is 0. The summed E-state index contributed by atoms with van der Waals surface area (Å²) < 4.78 is 30.1. The fourth-order valence-electron chi connectivity index (χ4n) is 1.35. The molecule has 0 amide bonds. The van der Waals surface area contributed by atoms with Crippen LogP contribution in [0.3, 0.4) is 0 Å². The molecule has 10 heavy (non-hydrogen) atoms. The first-order valence-electron chi connectivity index (χ1n) is 3.57. The van der Waals surface area contributed by atoms with E-state index in [-0.39, 0.29) is 6.42 Å². The molecule has 0 unspecified atom stereocenters. The highest BCUT2D eigenvalue weighted by Crippen LogP contribution is 2.34. The summed E-state index contributed by atoms with van der Waals surface area (Å²) in [5.74, 6) is -2.58. The number of ether oxygens (including phenoxy) is 1. The second-order valence-corrected chi connectivity index (χ2v) is 2.73. The van der Waals surface area contributed by atoms with E-state index in [1.54, 1.807) is 0 Å². The van der Waals surface area contributed by atoms with Crippen molar-refractivity contribution < 1.29 is 13.5 Å². The van der Waals surface area contributed by atoms with E-state index in [9.17, 15) is 8.78 Å². The highest BCUT2D eigenvalue weighted by atomic mass is 19.3. The smallest absolute Gasteiger partial charge is 0.273 e. The highest BCUT2D eigenvalue weighted by molar-refractivity contribution is 4.81. The topological polar surface area (TPSA) is 9.23 Å². The normalized spacial score (nSPS) is 32.1. The van der Waals surface area contributed by atoms with E-state index in [4.69, 9.17) is 0 Å². The van der Waals surface area contributed by atoms with Crippen molar-refractivity contribution in [3.8, 4) is 0 Å². The van der Waals surface area contributed by atoms with E-state index < -0.39 is 12.0 Å². The molecular weight excluding hydrogens is 138 g/mol. The van der Waals surface area contributed by atoms with Gasteiger partial charge in [-0.3, -0.25) is 0 Å². The molecule has 1 fully saturated rings. The Morgan fingerprint density at radius 2 is 2.10 bits per heavy atom. The molecule has 0 spiro atoms. The van der Waals surface area contributed by atoms with Crippen LogP contribution in [0.25, 0.3) is 0 Å². The summed E-state index contributed by atoms with van der Waals surface area (Å²) in [7, 11) is 1.35. The molecule has 3 heteroatoms. The van der Waals surface area contributed by atoms with Crippen LogP contribution in [-0.2, 0) is 4.74 Å². The predicted octanol–water partition coefficient (Wildman–Crippen LogP) is 2.21. The lowest BCUT2D eigenvalue weighted by molar-refractivity contribution is -0.145. The minimum Gasteiger partial charge on any atom is -0.375 e. The summed E-state index contributed by atoms with van der Waals surface area (Å²) in [6, 6.07) is 0. The van der Waals surface area contributed by atoms with Crippen LogP contribution in [0, 0.1) is 0 Å². The molecule has 0 aliphatic heterocycles. The maximum absolute atomic E-state index is 12.7. The van der Waals surface area contributed by atoms with Crippen molar-refractivity contribution in [2.45, 2.75) is 37.7 Å². The summed E-state index contributed by atoms with van der Waals surface area (Å²) >= 11 is 0. The molecule has 1 nitrogen and oxygen atoms in total. The van der Waals surface area contributed by atoms with Gasteiger partial charge in [-0.1, -0.05) is 6.42 Å². The van der Waals surface area contributed by atoms with Gasteiger partial charge in [-0.05, 0) is 12.8 Å². The van der Waals surface area contributed by atoms with Gasteiger partial charge >= 0.3 is 0 Å². The Morgan fingerprint density at radius 1 is 1.40 bits per heavy atom. The Labute approximate surface area is 59.4 Å². The first kappa shape index (κ1) is 7.92. The van der Waals surface area contributed by atoms with Crippen molar-refractivity contribution >= 4 is 0 Å². The molecule has 0 aromatic rings. The molecule has 1 rings (SSSR count). The maximum atomic E-state index is 12.7. The van der Waals surface area contributed by atoms with E-state index in [0.717, 1.165) is 6.42 Å². The summed E-state index contributed by atoms with van der Waals surface area (Å²) in [6.07, 6.45) is 1.16. The second kappa shape index (κ2) is 2.82. The van der Waals surface area contributed by atoms with Crippen LogP contribution >= 0.6 is 0 Å². The second-order valence-electron chi connectivity index (χ2n) is 2.73. The summed E-state index contributed by atoms with van der Waals surface area (Å²) in [5, 5.41) is 0. The van der Waals surface area contributed by atoms with Crippen LogP contribution in [0.2, 0.25) is 0 Å². The fourth-order valence-corrected chi connectivity index (χ4v) is 1.35. The molecule has 0 heterocycles. The van der Waals surface area contributed by atoms with Gasteiger partial charge in [0, 0.05) is 13.5 Å². The largest absolute Gasteiger partial charge is 0.375 e. The average molecular weight is 150 g/mol. The van der Waals surface area contributed by atoms with E-state index in [2.05, 4.69) is 4.74 Å². The van der Waals surface area contributed by atoms with Gasteiger partial charge in [-0.15, -0.1) is 0 Å². The molecule has 60 valence electrons. The molecule has 0 aromatic carbocycles. The van der Waals surface area contributed by atoms with Crippen molar-refractivity contribution in [3.05, 3.63) is 0 Å². The van der Waals surface area contributed by atoms with Gasteiger partial charge in [0.25, 0.3) is 5.92 Å². The van der Waals surface area contributed by atoms with Crippen LogP contribution in [-0.4, -0.2) is 19.1 Å².